The summed E-state index contributed by atoms with van der Waals surface area (Å²) < 4.78 is 37.4. The van der Waals surface area contributed by atoms with Crippen molar-refractivity contribution in [3.8, 4) is 0 Å². The molecule has 0 aromatic carbocycles. The molecule has 18 heavy (non-hydrogen) atoms. The van der Waals surface area contributed by atoms with Gasteiger partial charge in [0.2, 0.25) is 0 Å². The van der Waals surface area contributed by atoms with Crippen LogP contribution in [-0.2, 0) is 6.18 Å². The molecule has 1 aromatic heterocycles. The summed E-state index contributed by atoms with van der Waals surface area (Å²) in [5, 5.41) is -0.806. The fourth-order valence-corrected chi connectivity index (χ4v) is 2.93. The van der Waals surface area contributed by atoms with Crippen LogP contribution in [-0.4, -0.2) is 4.98 Å². The molecule has 1 rings (SSSR count). The number of nitrogens with two attached hydrogens (primary N) is 1. The first-order valence-corrected chi connectivity index (χ1v) is 7.00. The van der Waals surface area contributed by atoms with Crippen LogP contribution in [0.5, 0.6) is 0 Å². The molecule has 0 radical (unpaired) electrons. The summed E-state index contributed by atoms with van der Waals surface area (Å²) >= 11 is 0.667. The van der Waals surface area contributed by atoms with Crippen molar-refractivity contribution in [2.75, 3.05) is 0 Å². The van der Waals surface area contributed by atoms with Crippen molar-refractivity contribution < 1.29 is 13.2 Å². The van der Waals surface area contributed by atoms with Crippen molar-refractivity contribution in [1.29, 1.82) is 0 Å². The third-order valence-electron chi connectivity index (χ3n) is 2.92. The van der Waals surface area contributed by atoms with Crippen LogP contribution < -0.4 is 5.73 Å². The van der Waals surface area contributed by atoms with Crippen LogP contribution in [0.25, 0.3) is 0 Å². The average molecular weight is 280 g/mol. The highest BCUT2D eigenvalue weighted by atomic mass is 32.1. The second kappa shape index (κ2) is 6.52. The number of hydrogen-bond acceptors (Lipinski definition) is 3. The number of halogens is 3. The Balaban J connectivity index is 2.81. The molecule has 0 saturated heterocycles. The van der Waals surface area contributed by atoms with Gasteiger partial charge in [0, 0.05) is 17.1 Å². The topological polar surface area (TPSA) is 38.9 Å². The number of nitrogens with zero attached hydrogens (tertiary/aromatic N) is 1. The maximum atomic E-state index is 12.5. The van der Waals surface area contributed by atoms with E-state index in [1.807, 2.05) is 0 Å². The van der Waals surface area contributed by atoms with Gasteiger partial charge in [-0.25, -0.2) is 4.98 Å². The van der Waals surface area contributed by atoms with E-state index >= 15 is 0 Å². The van der Waals surface area contributed by atoms with Gasteiger partial charge in [-0.3, -0.25) is 0 Å². The SMILES string of the molecule is CCCC(CCC)C(N)c1cnc(C(F)(F)F)s1. The molecule has 1 heterocycles. The van der Waals surface area contributed by atoms with Crippen LogP contribution >= 0.6 is 11.3 Å². The van der Waals surface area contributed by atoms with Crippen LogP contribution in [0.3, 0.4) is 0 Å². The number of alkyl halides is 3. The van der Waals surface area contributed by atoms with Gasteiger partial charge in [-0.05, 0) is 18.8 Å². The van der Waals surface area contributed by atoms with Gasteiger partial charge in [0.15, 0.2) is 5.01 Å². The fraction of sp³-hybridized carbons (Fsp3) is 0.750. The smallest absolute Gasteiger partial charge is 0.323 e. The van der Waals surface area contributed by atoms with Crippen molar-refractivity contribution in [3.05, 3.63) is 16.1 Å². The quantitative estimate of drug-likeness (QED) is 0.840. The molecule has 1 atom stereocenters. The number of hydrogen-bond donors (Lipinski definition) is 1. The van der Waals surface area contributed by atoms with E-state index in [1.54, 1.807) is 0 Å². The molecule has 0 saturated carbocycles. The van der Waals surface area contributed by atoms with E-state index < -0.39 is 11.2 Å². The number of thiazole rings is 1. The van der Waals surface area contributed by atoms with Gasteiger partial charge in [0.25, 0.3) is 0 Å². The molecule has 0 bridgehead atoms. The number of rotatable bonds is 6. The third-order valence-corrected chi connectivity index (χ3v) is 4.06. The Labute approximate surface area is 109 Å². The lowest BCUT2D eigenvalue weighted by Crippen LogP contribution is -2.20. The molecule has 104 valence electrons. The first kappa shape index (κ1) is 15.4. The molecule has 0 aliphatic carbocycles. The highest BCUT2D eigenvalue weighted by Gasteiger charge is 2.35. The average Bonchev–Trinajstić information content (AvgIpc) is 2.76. The summed E-state index contributed by atoms with van der Waals surface area (Å²) in [7, 11) is 0. The summed E-state index contributed by atoms with van der Waals surface area (Å²) in [5.74, 6) is 0.238. The van der Waals surface area contributed by atoms with Crippen molar-refractivity contribution in [2.24, 2.45) is 11.7 Å². The molecule has 0 aliphatic heterocycles. The minimum absolute atomic E-state index is 0.238. The van der Waals surface area contributed by atoms with E-state index in [4.69, 9.17) is 5.73 Å². The van der Waals surface area contributed by atoms with Gasteiger partial charge >= 0.3 is 6.18 Å². The molecule has 0 amide bonds. The Morgan fingerprint density at radius 1 is 1.28 bits per heavy atom. The lowest BCUT2D eigenvalue weighted by Gasteiger charge is -2.21. The van der Waals surface area contributed by atoms with E-state index in [-0.39, 0.29) is 12.0 Å². The molecule has 0 spiro atoms. The van der Waals surface area contributed by atoms with Gasteiger partial charge in [-0.2, -0.15) is 13.2 Å². The van der Waals surface area contributed by atoms with Crippen molar-refractivity contribution in [2.45, 2.75) is 51.7 Å². The van der Waals surface area contributed by atoms with Crippen LogP contribution in [0.4, 0.5) is 13.2 Å². The highest BCUT2D eigenvalue weighted by Crippen LogP contribution is 2.36. The fourth-order valence-electron chi connectivity index (χ4n) is 2.05. The monoisotopic (exact) mass is 280 g/mol. The van der Waals surface area contributed by atoms with E-state index in [1.165, 1.54) is 6.20 Å². The van der Waals surface area contributed by atoms with E-state index in [9.17, 15) is 13.2 Å². The molecule has 1 aromatic rings. The Morgan fingerprint density at radius 3 is 2.22 bits per heavy atom. The van der Waals surface area contributed by atoms with Crippen molar-refractivity contribution in [1.82, 2.24) is 4.98 Å². The molecule has 6 heteroatoms. The molecule has 1 unspecified atom stereocenters. The standard InChI is InChI=1S/C12H19F3N2S/c1-3-5-8(6-4-2)10(16)9-7-17-11(18-9)12(13,14)15/h7-8,10H,3-6,16H2,1-2H3. The van der Waals surface area contributed by atoms with Gasteiger partial charge in [-0.1, -0.05) is 26.7 Å². The van der Waals surface area contributed by atoms with Gasteiger partial charge < -0.3 is 5.73 Å². The summed E-state index contributed by atoms with van der Waals surface area (Å²) in [6, 6.07) is -0.335. The largest absolute Gasteiger partial charge is 0.443 e. The summed E-state index contributed by atoms with van der Waals surface area (Å²) in [6.45, 7) is 4.12. The maximum Gasteiger partial charge on any atom is 0.443 e. The minimum atomic E-state index is -4.37. The maximum absolute atomic E-state index is 12.5. The van der Waals surface area contributed by atoms with E-state index in [0.29, 0.717) is 16.2 Å². The lowest BCUT2D eigenvalue weighted by atomic mass is 9.90. The second-order valence-corrected chi connectivity index (χ2v) is 5.49. The summed E-state index contributed by atoms with van der Waals surface area (Å²) in [5.41, 5.74) is 6.07. The van der Waals surface area contributed by atoms with Crippen LogP contribution in [0.15, 0.2) is 6.20 Å². The molecule has 2 N–H and O–H groups in total. The molecular weight excluding hydrogens is 261 g/mol. The first-order chi connectivity index (χ1) is 8.40. The predicted octanol–water partition coefficient (Wildman–Crippen LogP) is 4.38. The van der Waals surface area contributed by atoms with Crippen LogP contribution in [0.1, 0.15) is 55.5 Å². The summed E-state index contributed by atoms with van der Waals surface area (Å²) in [6.07, 6.45) is 0.763. The van der Waals surface area contributed by atoms with Gasteiger partial charge in [-0.15, -0.1) is 11.3 Å². The Kier molecular flexibility index (Phi) is 5.59. The zero-order chi connectivity index (χ0) is 13.8. The van der Waals surface area contributed by atoms with E-state index in [0.717, 1.165) is 25.7 Å². The van der Waals surface area contributed by atoms with Crippen LogP contribution in [0, 0.1) is 5.92 Å². The molecule has 0 fully saturated rings. The highest BCUT2D eigenvalue weighted by molar-refractivity contribution is 7.11. The first-order valence-electron chi connectivity index (χ1n) is 6.18. The minimum Gasteiger partial charge on any atom is -0.323 e. The molecule has 2 nitrogen and oxygen atoms in total. The Morgan fingerprint density at radius 2 is 1.83 bits per heavy atom. The van der Waals surface area contributed by atoms with Crippen molar-refractivity contribution in [3.63, 3.8) is 0 Å². The lowest BCUT2D eigenvalue weighted by molar-refractivity contribution is -0.137. The summed E-state index contributed by atoms with van der Waals surface area (Å²) in [4.78, 5) is 3.96. The zero-order valence-corrected chi connectivity index (χ0v) is 11.4. The second-order valence-electron chi connectivity index (χ2n) is 4.43. The zero-order valence-electron chi connectivity index (χ0n) is 10.6. The van der Waals surface area contributed by atoms with Gasteiger partial charge in [0.1, 0.15) is 0 Å². The predicted molar refractivity (Wildman–Crippen MR) is 67.4 cm³/mol. The van der Waals surface area contributed by atoms with E-state index in [2.05, 4.69) is 18.8 Å². The molecular formula is C12H19F3N2S. The Bertz CT molecular complexity index is 356. The van der Waals surface area contributed by atoms with Crippen LogP contribution in [0.2, 0.25) is 0 Å². The third kappa shape index (κ3) is 3.95. The molecule has 0 aliphatic rings. The normalized spacial score (nSPS) is 14.2. The number of aromatic nitrogens is 1. The van der Waals surface area contributed by atoms with Gasteiger partial charge in [0.05, 0.1) is 0 Å². The Hall–Kier alpha value is -0.620. The van der Waals surface area contributed by atoms with Crippen molar-refractivity contribution >= 4 is 11.3 Å².